The Morgan fingerprint density at radius 1 is 1.41 bits per heavy atom. The first kappa shape index (κ1) is 12.4. The summed E-state index contributed by atoms with van der Waals surface area (Å²) in [6.07, 6.45) is 3.93. The van der Waals surface area contributed by atoms with Crippen LogP contribution in [0.15, 0.2) is 24.8 Å². The molecule has 1 atom stereocenters. The number of nitrogens with zero attached hydrogens (tertiary/aromatic N) is 3. The molecule has 0 aliphatic rings. The molecule has 2 heterocycles. The van der Waals surface area contributed by atoms with Crippen molar-refractivity contribution in [3.63, 3.8) is 0 Å². The van der Waals surface area contributed by atoms with Gasteiger partial charge in [0.05, 0.1) is 27.8 Å². The van der Waals surface area contributed by atoms with Crippen molar-refractivity contribution in [2.45, 2.75) is 19.6 Å². The van der Waals surface area contributed by atoms with Crippen LogP contribution in [0.25, 0.3) is 0 Å². The lowest BCUT2D eigenvalue weighted by Gasteiger charge is -2.09. The zero-order chi connectivity index (χ0) is 12.4. The average Bonchev–Trinajstić information content (AvgIpc) is 2.76. The Kier molecular flexibility index (Phi) is 3.66. The Bertz CT molecular complexity index is 527. The molecule has 0 saturated heterocycles. The van der Waals surface area contributed by atoms with Gasteiger partial charge in [-0.25, -0.2) is 4.98 Å². The van der Waals surface area contributed by atoms with Crippen LogP contribution in [0.2, 0.25) is 10.0 Å². The normalized spacial score (nSPS) is 12.7. The molecule has 2 rings (SSSR count). The lowest BCUT2D eigenvalue weighted by molar-refractivity contribution is 0.211. The molecule has 0 amide bonds. The monoisotopic (exact) mass is 271 g/mol. The van der Waals surface area contributed by atoms with Gasteiger partial charge in [0.2, 0.25) is 0 Å². The maximum atomic E-state index is 10.1. The number of pyridine rings is 1. The van der Waals surface area contributed by atoms with Crippen molar-refractivity contribution < 1.29 is 5.11 Å². The standard InChI is InChI=1S/C11H11Cl2N3O/c1-2-16-5-9(15-6-16)11(17)10-8(13)3-7(12)4-14-10/h3-6,11,17H,2H2,1H3. The Morgan fingerprint density at radius 3 is 2.76 bits per heavy atom. The number of aliphatic hydroxyl groups is 1. The van der Waals surface area contributed by atoms with Gasteiger partial charge in [-0.1, -0.05) is 23.2 Å². The summed E-state index contributed by atoms with van der Waals surface area (Å²) in [5, 5.41) is 10.9. The van der Waals surface area contributed by atoms with Gasteiger partial charge in [0, 0.05) is 18.9 Å². The Labute approximate surface area is 109 Å². The number of hydrogen-bond acceptors (Lipinski definition) is 3. The maximum absolute atomic E-state index is 10.1. The predicted octanol–water partition coefficient (Wildman–Crippen LogP) is 2.69. The van der Waals surface area contributed by atoms with Gasteiger partial charge in [-0.3, -0.25) is 4.98 Å². The summed E-state index contributed by atoms with van der Waals surface area (Å²) in [4.78, 5) is 8.13. The van der Waals surface area contributed by atoms with E-state index in [2.05, 4.69) is 9.97 Å². The molecule has 4 nitrogen and oxygen atoms in total. The topological polar surface area (TPSA) is 50.9 Å². The number of halogens is 2. The highest BCUT2D eigenvalue weighted by atomic mass is 35.5. The van der Waals surface area contributed by atoms with Gasteiger partial charge >= 0.3 is 0 Å². The van der Waals surface area contributed by atoms with E-state index in [-0.39, 0.29) is 0 Å². The molecule has 0 saturated carbocycles. The van der Waals surface area contributed by atoms with Crippen molar-refractivity contribution in [2.24, 2.45) is 0 Å². The predicted molar refractivity (Wildman–Crippen MR) is 66.2 cm³/mol. The zero-order valence-corrected chi connectivity index (χ0v) is 10.7. The molecular weight excluding hydrogens is 261 g/mol. The molecule has 2 aromatic rings. The van der Waals surface area contributed by atoms with E-state index in [9.17, 15) is 5.11 Å². The summed E-state index contributed by atoms with van der Waals surface area (Å²) in [7, 11) is 0. The highest BCUT2D eigenvalue weighted by Crippen LogP contribution is 2.27. The third-order valence-corrected chi connectivity index (χ3v) is 2.90. The van der Waals surface area contributed by atoms with E-state index >= 15 is 0 Å². The second kappa shape index (κ2) is 5.04. The molecule has 17 heavy (non-hydrogen) atoms. The fourth-order valence-electron chi connectivity index (χ4n) is 1.46. The van der Waals surface area contributed by atoms with Gasteiger partial charge in [-0.05, 0) is 13.0 Å². The van der Waals surface area contributed by atoms with Gasteiger partial charge in [-0.2, -0.15) is 0 Å². The van der Waals surface area contributed by atoms with Gasteiger partial charge < -0.3 is 9.67 Å². The van der Waals surface area contributed by atoms with E-state index < -0.39 is 6.10 Å². The second-order valence-electron chi connectivity index (χ2n) is 3.55. The maximum Gasteiger partial charge on any atom is 0.141 e. The molecule has 1 unspecified atom stereocenters. The van der Waals surface area contributed by atoms with Gasteiger partial charge in [-0.15, -0.1) is 0 Å². The summed E-state index contributed by atoms with van der Waals surface area (Å²) < 4.78 is 1.86. The van der Waals surface area contributed by atoms with Crippen LogP contribution >= 0.6 is 23.2 Å². The van der Waals surface area contributed by atoms with E-state index in [1.165, 1.54) is 6.20 Å². The molecule has 6 heteroatoms. The molecule has 0 radical (unpaired) electrons. The SMILES string of the molecule is CCn1cnc(C(O)c2ncc(Cl)cc2Cl)c1. The number of imidazole rings is 1. The molecule has 90 valence electrons. The van der Waals surface area contributed by atoms with E-state index in [0.717, 1.165) is 6.54 Å². The highest BCUT2D eigenvalue weighted by Gasteiger charge is 2.18. The van der Waals surface area contributed by atoms with Crippen LogP contribution in [0.3, 0.4) is 0 Å². The Morgan fingerprint density at radius 2 is 2.18 bits per heavy atom. The Hall–Kier alpha value is -1.10. The zero-order valence-electron chi connectivity index (χ0n) is 9.14. The summed E-state index contributed by atoms with van der Waals surface area (Å²) in [5.74, 6) is 0. The van der Waals surface area contributed by atoms with E-state index in [1.54, 1.807) is 18.6 Å². The molecule has 0 fully saturated rings. The molecule has 1 N–H and O–H groups in total. The third kappa shape index (κ3) is 2.60. The van der Waals surface area contributed by atoms with Gasteiger partial charge in [0.25, 0.3) is 0 Å². The second-order valence-corrected chi connectivity index (χ2v) is 4.40. The number of rotatable bonds is 3. The summed E-state index contributed by atoms with van der Waals surface area (Å²) >= 11 is 11.7. The summed E-state index contributed by atoms with van der Waals surface area (Å²) in [6, 6.07) is 1.55. The molecule has 0 aromatic carbocycles. The third-order valence-electron chi connectivity index (χ3n) is 2.39. The molecule has 0 spiro atoms. The van der Waals surface area contributed by atoms with Crippen LogP contribution in [0, 0.1) is 0 Å². The van der Waals surface area contributed by atoms with Crippen molar-refractivity contribution in [1.29, 1.82) is 0 Å². The van der Waals surface area contributed by atoms with Crippen molar-refractivity contribution in [3.8, 4) is 0 Å². The fourth-order valence-corrected chi connectivity index (χ4v) is 1.94. The fraction of sp³-hybridized carbons (Fsp3) is 0.273. The first-order chi connectivity index (χ1) is 8.11. The van der Waals surface area contributed by atoms with E-state index in [1.807, 2.05) is 11.5 Å². The largest absolute Gasteiger partial charge is 0.380 e. The van der Waals surface area contributed by atoms with Crippen molar-refractivity contribution in [3.05, 3.63) is 46.2 Å². The molecular formula is C11H11Cl2N3O. The number of hydrogen-bond donors (Lipinski definition) is 1. The molecule has 0 aliphatic heterocycles. The lowest BCUT2D eigenvalue weighted by Crippen LogP contribution is -2.03. The quantitative estimate of drug-likeness (QED) is 0.934. The number of aryl methyl sites for hydroxylation is 1. The van der Waals surface area contributed by atoms with Crippen LogP contribution in [0.5, 0.6) is 0 Å². The van der Waals surface area contributed by atoms with E-state index in [4.69, 9.17) is 23.2 Å². The van der Waals surface area contributed by atoms with Crippen LogP contribution < -0.4 is 0 Å². The van der Waals surface area contributed by atoms with Gasteiger partial charge in [0.1, 0.15) is 6.10 Å². The van der Waals surface area contributed by atoms with Crippen molar-refractivity contribution in [1.82, 2.24) is 14.5 Å². The summed E-state index contributed by atoms with van der Waals surface area (Å²) in [5.41, 5.74) is 0.876. The molecule has 2 aromatic heterocycles. The average molecular weight is 272 g/mol. The highest BCUT2D eigenvalue weighted by molar-refractivity contribution is 6.34. The first-order valence-corrected chi connectivity index (χ1v) is 5.88. The number of aliphatic hydroxyl groups excluding tert-OH is 1. The van der Waals surface area contributed by atoms with E-state index in [0.29, 0.717) is 21.4 Å². The minimum atomic E-state index is -0.937. The van der Waals surface area contributed by atoms with Gasteiger partial charge in [0.15, 0.2) is 0 Å². The van der Waals surface area contributed by atoms with Crippen LogP contribution in [-0.4, -0.2) is 19.6 Å². The smallest absolute Gasteiger partial charge is 0.141 e. The van der Waals surface area contributed by atoms with Crippen molar-refractivity contribution >= 4 is 23.2 Å². The minimum Gasteiger partial charge on any atom is -0.380 e. The minimum absolute atomic E-state index is 0.330. The first-order valence-electron chi connectivity index (χ1n) is 5.12. The van der Waals surface area contributed by atoms with Crippen LogP contribution in [0.4, 0.5) is 0 Å². The molecule has 0 aliphatic carbocycles. The van der Waals surface area contributed by atoms with Crippen LogP contribution in [0.1, 0.15) is 24.4 Å². The lowest BCUT2D eigenvalue weighted by atomic mass is 10.2. The number of aromatic nitrogens is 3. The Balaban J connectivity index is 2.33. The van der Waals surface area contributed by atoms with Crippen LogP contribution in [-0.2, 0) is 6.54 Å². The van der Waals surface area contributed by atoms with Crippen molar-refractivity contribution in [2.75, 3.05) is 0 Å². The molecule has 0 bridgehead atoms. The summed E-state index contributed by atoms with van der Waals surface area (Å²) in [6.45, 7) is 2.78.